The minimum Gasteiger partial charge on any atom is -0.361 e. The van der Waals surface area contributed by atoms with E-state index in [2.05, 4.69) is 4.98 Å². The van der Waals surface area contributed by atoms with Gasteiger partial charge in [-0.25, -0.2) is 9.55 Å². The highest BCUT2D eigenvalue weighted by atomic mass is 16.6. The van der Waals surface area contributed by atoms with Gasteiger partial charge in [0.2, 0.25) is 12.6 Å². The molecule has 0 saturated carbocycles. The Balaban J connectivity index is 2.41. The summed E-state index contributed by atoms with van der Waals surface area (Å²) < 4.78 is 6.92. The van der Waals surface area contributed by atoms with E-state index in [1.54, 1.807) is 6.20 Å². The summed E-state index contributed by atoms with van der Waals surface area (Å²) in [4.78, 5) is 2.89. The Labute approximate surface area is 58.1 Å². The lowest BCUT2D eigenvalue weighted by Crippen LogP contribution is -2.43. The number of imidazole rings is 1. The van der Waals surface area contributed by atoms with E-state index in [-0.39, 0.29) is 0 Å². The van der Waals surface area contributed by atoms with Gasteiger partial charge in [0.15, 0.2) is 5.69 Å². The van der Waals surface area contributed by atoms with Gasteiger partial charge in [0, 0.05) is 0 Å². The lowest BCUT2D eigenvalue weighted by Gasteiger charge is -2.14. The maximum absolute atomic E-state index is 9.19. The molecule has 54 valence electrons. The molecule has 1 aromatic rings. The second-order valence-electron chi connectivity index (χ2n) is 2.28. The summed E-state index contributed by atoms with van der Waals surface area (Å²) >= 11 is 0. The van der Waals surface area contributed by atoms with Crippen LogP contribution in [0.25, 0.3) is 0 Å². The molecule has 2 N–H and O–H groups in total. The number of ether oxygens (including phenoxy) is 1. The number of nitrogens with one attached hydrogen (secondary N) is 1. The van der Waals surface area contributed by atoms with Crippen molar-refractivity contribution in [1.82, 2.24) is 4.98 Å². The number of aromatic amines is 1. The maximum atomic E-state index is 9.19. The quantitative estimate of drug-likeness (QED) is 0.470. The van der Waals surface area contributed by atoms with Crippen LogP contribution >= 0.6 is 0 Å². The number of aromatic nitrogens is 2. The zero-order valence-corrected chi connectivity index (χ0v) is 5.45. The summed E-state index contributed by atoms with van der Waals surface area (Å²) in [6, 6.07) is 0. The monoisotopic (exact) mass is 141 g/mol. The second-order valence-corrected chi connectivity index (χ2v) is 2.28. The van der Waals surface area contributed by atoms with Crippen LogP contribution in [0.2, 0.25) is 0 Å². The van der Waals surface area contributed by atoms with Gasteiger partial charge in [0.1, 0.15) is 12.7 Å². The van der Waals surface area contributed by atoms with Gasteiger partial charge in [-0.1, -0.05) is 0 Å². The highest BCUT2D eigenvalue weighted by molar-refractivity contribution is 4.88. The summed E-state index contributed by atoms with van der Waals surface area (Å²) in [6.07, 6.45) is 2.81. The molecule has 1 unspecified atom stereocenters. The van der Waals surface area contributed by atoms with Gasteiger partial charge < -0.3 is 9.84 Å². The van der Waals surface area contributed by atoms with Crippen molar-refractivity contribution in [3.05, 3.63) is 18.2 Å². The lowest BCUT2D eigenvalue weighted by atomic mass is 10.4. The first-order valence-corrected chi connectivity index (χ1v) is 3.24. The number of nitrogens with zero attached hydrogens (tertiary/aromatic N) is 1. The van der Waals surface area contributed by atoms with Gasteiger partial charge in [-0.15, -0.1) is 0 Å². The smallest absolute Gasteiger partial charge is 0.241 e. The van der Waals surface area contributed by atoms with Crippen LogP contribution in [-0.4, -0.2) is 16.7 Å². The predicted octanol–water partition coefficient (Wildman–Crippen LogP) is -0.677. The van der Waals surface area contributed by atoms with Gasteiger partial charge in [-0.05, 0) is 0 Å². The summed E-state index contributed by atoms with van der Waals surface area (Å²) in [6.45, 7) is 1.40. The van der Waals surface area contributed by atoms with Gasteiger partial charge in [-0.3, -0.25) is 0 Å². The zero-order valence-electron chi connectivity index (χ0n) is 5.45. The third-order valence-corrected chi connectivity index (χ3v) is 1.65. The third-order valence-electron chi connectivity index (χ3n) is 1.65. The minimum absolute atomic E-state index is 0.580. The molecule has 0 bridgehead atoms. The molecule has 0 aromatic carbocycles. The average Bonchev–Trinajstić information content (AvgIpc) is 2.36. The van der Waals surface area contributed by atoms with E-state index in [1.807, 2.05) is 10.9 Å². The Morgan fingerprint density at radius 2 is 2.70 bits per heavy atom. The third kappa shape index (κ3) is 0.732. The fourth-order valence-corrected chi connectivity index (χ4v) is 1.12. The lowest BCUT2D eigenvalue weighted by molar-refractivity contribution is -0.722. The van der Waals surface area contributed by atoms with Crippen LogP contribution in [0.4, 0.5) is 0 Å². The average molecular weight is 141 g/mol. The molecule has 4 nitrogen and oxygen atoms in total. The molecule has 1 aromatic heterocycles. The zero-order chi connectivity index (χ0) is 6.97. The molecule has 0 aliphatic carbocycles. The molecule has 2 heterocycles. The van der Waals surface area contributed by atoms with Crippen molar-refractivity contribution in [3.8, 4) is 0 Å². The highest BCUT2D eigenvalue weighted by Gasteiger charge is 2.23. The van der Waals surface area contributed by atoms with E-state index in [0.29, 0.717) is 6.61 Å². The van der Waals surface area contributed by atoms with E-state index in [0.717, 1.165) is 12.2 Å². The molecule has 0 spiro atoms. The molecule has 0 fully saturated rings. The van der Waals surface area contributed by atoms with Crippen LogP contribution < -0.4 is 4.57 Å². The van der Waals surface area contributed by atoms with Crippen LogP contribution in [0.3, 0.4) is 0 Å². The maximum Gasteiger partial charge on any atom is 0.241 e. The Bertz CT molecular complexity index is 233. The summed E-state index contributed by atoms with van der Waals surface area (Å²) in [7, 11) is 0. The summed E-state index contributed by atoms with van der Waals surface area (Å²) in [5, 5.41) is 9.19. The van der Waals surface area contributed by atoms with Crippen molar-refractivity contribution in [2.45, 2.75) is 12.8 Å². The number of aliphatic hydroxyl groups is 1. The van der Waals surface area contributed by atoms with Crippen molar-refractivity contribution in [2.24, 2.45) is 0 Å². The fourth-order valence-electron chi connectivity index (χ4n) is 1.12. The Morgan fingerprint density at radius 1 is 1.80 bits per heavy atom. The van der Waals surface area contributed by atoms with Crippen molar-refractivity contribution in [3.63, 3.8) is 0 Å². The molecule has 2 rings (SSSR count). The molecule has 4 heteroatoms. The summed E-state index contributed by atoms with van der Waals surface area (Å²) in [5.74, 6) is 0. The van der Waals surface area contributed by atoms with E-state index in [4.69, 9.17) is 4.74 Å². The van der Waals surface area contributed by atoms with Crippen LogP contribution in [0.15, 0.2) is 12.5 Å². The molecule has 0 saturated heterocycles. The minimum atomic E-state index is -0.750. The Hall–Kier alpha value is -0.870. The van der Waals surface area contributed by atoms with E-state index in [1.165, 1.54) is 0 Å². The van der Waals surface area contributed by atoms with Crippen LogP contribution in [0.5, 0.6) is 0 Å². The van der Waals surface area contributed by atoms with Gasteiger partial charge in [0.05, 0.1) is 6.61 Å². The SMILES string of the molecule is OC1OCC[n+]2c[nH]cc21. The van der Waals surface area contributed by atoms with Crippen molar-refractivity contribution in [2.75, 3.05) is 6.61 Å². The molecule has 1 aliphatic rings. The first-order chi connectivity index (χ1) is 4.88. The first kappa shape index (κ1) is 5.88. The number of aliphatic hydroxyl groups excluding tert-OH is 1. The second kappa shape index (κ2) is 2.07. The van der Waals surface area contributed by atoms with Gasteiger partial charge >= 0.3 is 0 Å². The number of fused-ring (bicyclic) bond motifs is 1. The molecule has 0 radical (unpaired) electrons. The predicted molar refractivity (Wildman–Crippen MR) is 31.9 cm³/mol. The van der Waals surface area contributed by atoms with E-state index in [9.17, 15) is 5.11 Å². The van der Waals surface area contributed by atoms with Crippen molar-refractivity contribution >= 4 is 0 Å². The largest absolute Gasteiger partial charge is 0.361 e. The Kier molecular flexibility index (Phi) is 1.22. The van der Waals surface area contributed by atoms with Crippen molar-refractivity contribution < 1.29 is 14.4 Å². The number of hydrogen-bond donors (Lipinski definition) is 2. The number of hydrogen-bond acceptors (Lipinski definition) is 2. The van der Waals surface area contributed by atoms with Gasteiger partial charge in [-0.2, -0.15) is 0 Å². The fraction of sp³-hybridized carbons (Fsp3) is 0.500. The van der Waals surface area contributed by atoms with Crippen molar-refractivity contribution in [1.29, 1.82) is 0 Å². The standard InChI is InChI=1S/C6H8N2O2/c9-6-5-3-7-4-8(5)1-2-10-6/h3-4,6,9H,1-2H2/p+1. The molecule has 1 atom stereocenters. The molecular formula is C6H9N2O2+. The van der Waals surface area contributed by atoms with Crippen LogP contribution in [0.1, 0.15) is 12.0 Å². The molecule has 0 amide bonds. The van der Waals surface area contributed by atoms with Crippen LogP contribution in [-0.2, 0) is 11.3 Å². The Morgan fingerprint density at radius 3 is 3.50 bits per heavy atom. The summed E-state index contributed by atoms with van der Waals surface area (Å²) in [5.41, 5.74) is 0.797. The topological polar surface area (TPSA) is 49.1 Å². The molecule has 10 heavy (non-hydrogen) atoms. The highest BCUT2D eigenvalue weighted by Crippen LogP contribution is 2.11. The normalized spacial score (nSPS) is 24.3. The number of rotatable bonds is 0. The molecular weight excluding hydrogens is 132 g/mol. The van der Waals surface area contributed by atoms with Gasteiger partial charge in [0.25, 0.3) is 0 Å². The molecule has 1 aliphatic heterocycles. The van der Waals surface area contributed by atoms with E-state index >= 15 is 0 Å². The first-order valence-electron chi connectivity index (χ1n) is 3.24. The van der Waals surface area contributed by atoms with E-state index < -0.39 is 6.29 Å². The van der Waals surface area contributed by atoms with Crippen LogP contribution in [0, 0.1) is 0 Å². The number of H-pyrrole nitrogens is 1.